The minimum atomic E-state index is -2.45. The van der Waals surface area contributed by atoms with Crippen molar-refractivity contribution in [2.75, 3.05) is 76.4 Å². The van der Waals surface area contributed by atoms with E-state index in [0.29, 0.717) is 81.7 Å². The van der Waals surface area contributed by atoms with Crippen molar-refractivity contribution in [3.8, 4) is 5.75 Å². The van der Waals surface area contributed by atoms with Crippen LogP contribution in [0.1, 0.15) is 141 Å². The van der Waals surface area contributed by atoms with Crippen LogP contribution in [0.3, 0.4) is 0 Å². The smallest absolute Gasteiger partial charge is 0.426 e. The SMILES string of the molecule is CC[C@@H](C)C(=O)N[C@@H](C)C(=O)C[C@@H](CC(=O)O)C(=O)N[C@@H](CN)C(=O)CCCSSCCOC(=O)NNC(=O)[C@@]1(O)[C@H](O)[C@]2(CC)CCCN3CC[C@@]4(c5cc([C@@]6(C)C[C@@H]7CN(CCc8c6[nH]c6ccccc86)C[C@](O)(CC)C7)c(OC)cc5N(C)[C@@H]14)[C@@H]32.O=C=O.O=C=O.O=C=O.O=C=O. The van der Waals surface area contributed by atoms with Crippen LogP contribution < -0.4 is 36.9 Å². The van der Waals surface area contributed by atoms with E-state index in [4.69, 9.17) is 53.6 Å². The van der Waals surface area contributed by atoms with Crippen molar-refractivity contribution in [2.45, 2.75) is 177 Å². The van der Waals surface area contributed by atoms with E-state index in [0.717, 1.165) is 60.5 Å². The Bertz CT molecular complexity index is 3490. The number of ketones is 2. The fourth-order valence-corrected chi connectivity index (χ4v) is 18.4. The highest BCUT2D eigenvalue weighted by atomic mass is 33.1. The lowest BCUT2D eigenvalue weighted by Gasteiger charge is -2.64. The molecule has 2 aromatic carbocycles. The summed E-state index contributed by atoms with van der Waals surface area (Å²) >= 11 is 0. The highest BCUT2D eigenvalue weighted by Crippen LogP contribution is 2.68. The number of hydrogen-bond donors (Lipinski definition) is 10. The van der Waals surface area contributed by atoms with Gasteiger partial charge in [-0.2, -0.15) is 38.4 Å². The molecule has 5 aliphatic heterocycles. The standard InChI is InChI=1S/C64H93N9O13S2.4CO2/c1-9-37(4)53(78)66-38(5)49(75)28-40(29-51(76)77)54(79)68-46(34-65)48(74)18-14-26-87-88-27-25-86-59(82)70-69-58(81)64(84)56-63(21-24-73-22-15-20-62(11-3,55(63)73)57(64)80)43-30-44(50(85-8)31-47(43)71(56)7)60(6)32-39-33-61(83,10-2)36-72(35-39)23-19-42-41-16-12-13-17-45(41)67-52(42)60;4*2-1-3/h12-13,16-17,30-31,37-40,46,55-57,67,80,83-84H,9-11,14-15,18-29,32-36,65H2,1-8H3,(H,66,78)(H,68,79)(H,69,81)(H,70,82)(H,76,77);;;;/t37-,38+,39+,40+,46+,55+,56-,57-,60-,61+,62-,63-,64+;;;;/m1..../s1. The van der Waals surface area contributed by atoms with Crippen LogP contribution in [-0.4, -0.2) is 214 Å². The van der Waals surface area contributed by atoms with E-state index in [1.807, 2.05) is 25.8 Å². The number of hydrogen-bond acceptors (Lipinski definition) is 26. The molecule has 1 aromatic heterocycles. The van der Waals surface area contributed by atoms with Crippen molar-refractivity contribution < 1.29 is 102 Å². The Labute approximate surface area is 586 Å². The first-order chi connectivity index (χ1) is 47.5. The van der Waals surface area contributed by atoms with Gasteiger partial charge in [0.1, 0.15) is 18.5 Å². The summed E-state index contributed by atoms with van der Waals surface area (Å²) in [4.78, 5) is 168. The highest BCUT2D eigenvalue weighted by Gasteiger charge is 2.79. The summed E-state index contributed by atoms with van der Waals surface area (Å²) < 4.78 is 11.9. The molecule has 6 heterocycles. The van der Waals surface area contributed by atoms with Gasteiger partial charge >= 0.3 is 36.7 Å². The zero-order chi connectivity index (χ0) is 74.5. The Hall–Kier alpha value is -7.95. The number of nitrogens with two attached hydrogens (primary N) is 1. The van der Waals surface area contributed by atoms with Gasteiger partial charge < -0.3 is 56.2 Å². The number of Topliss-reactive ketones (excluding diaryl/α,β-unsaturated/α-hetero) is 2. The number of hydrazine groups is 1. The molecule has 0 radical (unpaired) electrons. The van der Waals surface area contributed by atoms with Gasteiger partial charge in [-0.1, -0.05) is 67.5 Å². The van der Waals surface area contributed by atoms with Crippen LogP contribution in [-0.2, 0) is 89.1 Å². The number of piperidine rings is 2. The number of aliphatic carboxylic acids is 1. The maximum Gasteiger partial charge on any atom is 0.426 e. The monoisotopic (exact) mass is 1440 g/mol. The minimum Gasteiger partial charge on any atom is -0.496 e. The molecule has 3 saturated heterocycles. The quantitative estimate of drug-likeness (QED) is 0.0331. The van der Waals surface area contributed by atoms with E-state index < -0.39 is 100 Å². The number of benzene rings is 2. The molecule has 548 valence electrons. The zero-order valence-electron chi connectivity index (χ0n) is 57.6. The Balaban J connectivity index is 0.00000140. The van der Waals surface area contributed by atoms with Gasteiger partial charge in [-0.05, 0) is 120 Å². The van der Waals surface area contributed by atoms with Crippen LogP contribution in [0.25, 0.3) is 10.9 Å². The fourth-order valence-electron chi connectivity index (χ4n) is 16.5. The van der Waals surface area contributed by atoms with Crippen molar-refractivity contribution in [3.05, 3.63) is 58.8 Å². The first-order valence-electron chi connectivity index (χ1n) is 33.2. The summed E-state index contributed by atoms with van der Waals surface area (Å²) in [5.41, 5.74) is 11.1. The molecule has 4 amide bonds. The number of H-pyrrole nitrogens is 1. The average molecular weight is 1440 g/mol. The van der Waals surface area contributed by atoms with Crippen molar-refractivity contribution in [1.82, 2.24) is 36.3 Å². The minimum absolute atomic E-state index is 0.0468. The molecule has 32 heteroatoms. The summed E-state index contributed by atoms with van der Waals surface area (Å²) in [6, 6.07) is 9.52. The Morgan fingerprint density at radius 1 is 0.810 bits per heavy atom. The molecule has 100 heavy (non-hydrogen) atoms. The van der Waals surface area contributed by atoms with Crippen LogP contribution in [0.15, 0.2) is 36.4 Å². The number of carbonyl (C=O) groups excluding carboxylic acids is 14. The Morgan fingerprint density at radius 3 is 2.09 bits per heavy atom. The molecular formula is C68H93N9O21S2. The van der Waals surface area contributed by atoms with E-state index in [-0.39, 0.29) is 73.7 Å². The van der Waals surface area contributed by atoms with Gasteiger partial charge in [-0.15, -0.1) is 0 Å². The molecule has 1 aliphatic carbocycles. The second-order valence-electron chi connectivity index (χ2n) is 26.5. The maximum absolute atomic E-state index is 15.1. The number of ether oxygens (including phenoxy) is 2. The number of aliphatic hydroxyl groups is 3. The van der Waals surface area contributed by atoms with Crippen molar-refractivity contribution in [1.29, 1.82) is 0 Å². The molecule has 30 nitrogen and oxygen atoms in total. The van der Waals surface area contributed by atoms with Crippen LogP contribution in [0.4, 0.5) is 10.5 Å². The number of nitrogens with zero attached hydrogens (tertiary/aromatic N) is 3. The number of fused-ring (bicyclic) bond motifs is 6. The van der Waals surface area contributed by atoms with Crippen molar-refractivity contribution in [3.63, 3.8) is 0 Å². The van der Waals surface area contributed by atoms with Crippen LogP contribution in [0.5, 0.6) is 5.75 Å². The molecule has 2 bridgehead atoms. The van der Waals surface area contributed by atoms with E-state index in [9.17, 15) is 49.2 Å². The lowest BCUT2D eigenvalue weighted by molar-refractivity contribution is -0.222. The van der Waals surface area contributed by atoms with Gasteiger partial charge in [0.05, 0.1) is 43.2 Å². The van der Waals surface area contributed by atoms with Crippen molar-refractivity contribution in [2.24, 2.45) is 28.9 Å². The number of amides is 4. The fraction of sp³-hybridized carbons (Fsp3) is 0.632. The first kappa shape index (κ1) is 82.7. The number of carbonyl (C=O) groups is 7. The number of methoxy groups -OCH3 is 1. The van der Waals surface area contributed by atoms with Gasteiger partial charge in [0.2, 0.25) is 11.8 Å². The maximum atomic E-state index is 15.1. The third kappa shape index (κ3) is 17.8. The summed E-state index contributed by atoms with van der Waals surface area (Å²) in [6.45, 7) is 14.9. The summed E-state index contributed by atoms with van der Waals surface area (Å²) in [5, 5.41) is 54.4. The van der Waals surface area contributed by atoms with Crippen molar-refractivity contribution >= 4 is 104 Å². The molecule has 6 aliphatic rings. The van der Waals surface area contributed by atoms with E-state index in [1.165, 1.54) is 39.5 Å². The number of nitrogens with one attached hydrogen (secondary N) is 5. The number of aromatic nitrogens is 1. The number of likely N-dealkylation sites (N-methyl/N-ethyl adjacent to an activating group) is 1. The normalized spacial score (nSPS) is 26.8. The molecule has 14 atom stereocenters. The predicted molar refractivity (Wildman–Crippen MR) is 358 cm³/mol. The molecule has 1 spiro atoms. The molecule has 9 rings (SSSR count). The number of carboxylic acids is 1. The Kier molecular flexibility index (Phi) is 30.7. The topological polar surface area (TPSA) is 455 Å². The highest BCUT2D eigenvalue weighted by molar-refractivity contribution is 8.76. The molecule has 3 aromatic rings. The van der Waals surface area contributed by atoms with Crippen LogP contribution in [0.2, 0.25) is 0 Å². The second kappa shape index (κ2) is 37.1. The lowest BCUT2D eigenvalue weighted by atomic mass is 9.46. The molecule has 11 N–H and O–H groups in total. The zero-order valence-corrected chi connectivity index (χ0v) is 59.2. The predicted octanol–water partition coefficient (Wildman–Crippen LogP) is 2.52. The average Bonchev–Trinajstić information content (AvgIpc) is 1.46. The molecule has 1 saturated carbocycles. The number of anilines is 1. The number of rotatable bonds is 25. The van der Waals surface area contributed by atoms with Crippen LogP contribution in [0, 0.1) is 23.2 Å². The number of aromatic amines is 1. The summed E-state index contributed by atoms with van der Waals surface area (Å²) in [7, 11) is 6.36. The summed E-state index contributed by atoms with van der Waals surface area (Å²) in [6.07, 6.45) is 3.62. The molecular weight excluding hydrogens is 1340 g/mol. The van der Waals surface area contributed by atoms with E-state index in [1.54, 1.807) is 14.0 Å². The second-order valence-corrected chi connectivity index (χ2v) is 29.2. The largest absolute Gasteiger partial charge is 0.496 e. The van der Waals surface area contributed by atoms with E-state index in [2.05, 4.69) is 86.5 Å². The summed E-state index contributed by atoms with van der Waals surface area (Å²) in [5.74, 6) is -4.27. The third-order valence-electron chi connectivity index (χ3n) is 21.0. The van der Waals surface area contributed by atoms with Gasteiger partial charge in [0, 0.05) is 120 Å². The first-order valence-corrected chi connectivity index (χ1v) is 35.7. The van der Waals surface area contributed by atoms with Gasteiger partial charge in [0.25, 0.3) is 5.91 Å². The van der Waals surface area contributed by atoms with Gasteiger partial charge in [-0.25, -0.2) is 10.2 Å². The van der Waals surface area contributed by atoms with Crippen LogP contribution >= 0.6 is 21.6 Å². The number of carboxylic acid groups (broad SMARTS) is 1. The van der Waals surface area contributed by atoms with Gasteiger partial charge in [0.15, 0.2) is 17.2 Å². The molecule has 4 fully saturated rings. The number of para-hydroxylation sites is 1. The van der Waals surface area contributed by atoms with E-state index >= 15 is 4.79 Å². The Morgan fingerprint density at radius 2 is 1.47 bits per heavy atom. The molecule has 1 unspecified atom stereocenters. The van der Waals surface area contributed by atoms with Gasteiger partial charge in [-0.3, -0.25) is 44.0 Å². The lowest BCUT2D eigenvalue weighted by Crippen LogP contribution is -2.82. The third-order valence-corrected chi connectivity index (χ3v) is 23.4. The number of aliphatic hydroxyl groups excluding tert-OH is 1.